The summed E-state index contributed by atoms with van der Waals surface area (Å²) >= 11 is 0. The molecule has 0 aliphatic heterocycles. The van der Waals surface area contributed by atoms with Crippen molar-refractivity contribution in [1.29, 1.82) is 0 Å². The summed E-state index contributed by atoms with van der Waals surface area (Å²) in [5, 5.41) is 17.0. The SMILES string of the molecule is CCOCCOCC(=O)NCCC(=O)Nc1nc2ccccc2c2c1nc(COCC)n2CC(C)(C)O. The summed E-state index contributed by atoms with van der Waals surface area (Å²) < 4.78 is 17.9. The number of aromatic nitrogens is 3. The second kappa shape index (κ2) is 13.4. The molecule has 0 bridgehead atoms. The first-order valence-electron chi connectivity index (χ1n) is 12.5. The number of anilines is 1. The van der Waals surface area contributed by atoms with E-state index in [4.69, 9.17) is 19.2 Å². The monoisotopic (exact) mass is 515 g/mol. The summed E-state index contributed by atoms with van der Waals surface area (Å²) in [5.41, 5.74) is 0.948. The predicted octanol–water partition coefficient (Wildman–Crippen LogP) is 2.39. The van der Waals surface area contributed by atoms with Crippen molar-refractivity contribution < 1.29 is 28.9 Å². The average Bonchev–Trinajstić information content (AvgIpc) is 3.19. The van der Waals surface area contributed by atoms with Gasteiger partial charge in [0.05, 0.1) is 36.4 Å². The Morgan fingerprint density at radius 2 is 1.76 bits per heavy atom. The van der Waals surface area contributed by atoms with Crippen molar-refractivity contribution in [1.82, 2.24) is 19.9 Å². The van der Waals surface area contributed by atoms with Crippen LogP contribution >= 0.6 is 0 Å². The van der Waals surface area contributed by atoms with Gasteiger partial charge in [-0.25, -0.2) is 9.97 Å². The maximum Gasteiger partial charge on any atom is 0.246 e. The van der Waals surface area contributed by atoms with Gasteiger partial charge in [0.25, 0.3) is 0 Å². The van der Waals surface area contributed by atoms with Crippen LogP contribution in [0, 0.1) is 0 Å². The summed E-state index contributed by atoms with van der Waals surface area (Å²) in [6.45, 7) is 9.70. The third kappa shape index (κ3) is 8.19. The lowest BCUT2D eigenvalue weighted by atomic mass is 10.1. The molecule has 202 valence electrons. The number of ether oxygens (including phenoxy) is 3. The third-order valence-corrected chi connectivity index (χ3v) is 5.38. The zero-order chi connectivity index (χ0) is 26.8. The Bertz CT molecular complexity index is 1200. The molecule has 37 heavy (non-hydrogen) atoms. The van der Waals surface area contributed by atoms with Crippen LogP contribution in [-0.4, -0.2) is 76.6 Å². The first-order chi connectivity index (χ1) is 17.7. The van der Waals surface area contributed by atoms with E-state index in [1.807, 2.05) is 42.7 Å². The molecule has 0 saturated heterocycles. The smallest absolute Gasteiger partial charge is 0.246 e. The molecule has 11 nitrogen and oxygen atoms in total. The van der Waals surface area contributed by atoms with E-state index in [1.54, 1.807) is 13.8 Å². The Kier molecular flexibility index (Phi) is 10.3. The number of para-hydroxylation sites is 1. The second-order valence-electron chi connectivity index (χ2n) is 9.14. The fraction of sp³-hybridized carbons (Fsp3) is 0.538. The van der Waals surface area contributed by atoms with Crippen LogP contribution in [0.15, 0.2) is 24.3 Å². The molecule has 0 radical (unpaired) electrons. The van der Waals surface area contributed by atoms with E-state index in [0.717, 1.165) is 10.9 Å². The van der Waals surface area contributed by atoms with Gasteiger partial charge in [-0.05, 0) is 33.8 Å². The Balaban J connectivity index is 1.78. The molecule has 0 unspecified atom stereocenters. The van der Waals surface area contributed by atoms with Crippen LogP contribution in [0.25, 0.3) is 21.9 Å². The fourth-order valence-corrected chi connectivity index (χ4v) is 3.82. The summed E-state index contributed by atoms with van der Waals surface area (Å²) in [4.78, 5) is 34.1. The summed E-state index contributed by atoms with van der Waals surface area (Å²) in [5.74, 6) is 0.326. The van der Waals surface area contributed by atoms with Crippen molar-refractivity contribution in [2.24, 2.45) is 0 Å². The quantitative estimate of drug-likeness (QED) is 0.263. The highest BCUT2D eigenvalue weighted by Crippen LogP contribution is 2.31. The Hall–Kier alpha value is -3.12. The van der Waals surface area contributed by atoms with Crippen molar-refractivity contribution in [3.8, 4) is 0 Å². The standard InChI is InChI=1S/C26H37N5O6/c1-5-35-13-14-37-16-22(33)27-12-11-21(32)30-25-23-24(18-9-7-8-10-19(18)28-25)31(17-26(3,4)34)20(29-23)15-36-6-2/h7-10,34H,5-6,11-17H2,1-4H3,(H,27,33)(H,28,30,32). The third-order valence-electron chi connectivity index (χ3n) is 5.38. The lowest BCUT2D eigenvalue weighted by Gasteiger charge is -2.20. The highest BCUT2D eigenvalue weighted by atomic mass is 16.5. The molecule has 0 spiro atoms. The van der Waals surface area contributed by atoms with Crippen molar-refractivity contribution in [3.63, 3.8) is 0 Å². The first-order valence-corrected chi connectivity index (χ1v) is 12.5. The van der Waals surface area contributed by atoms with Gasteiger partial charge in [0.1, 0.15) is 24.6 Å². The van der Waals surface area contributed by atoms with Gasteiger partial charge in [-0.1, -0.05) is 18.2 Å². The van der Waals surface area contributed by atoms with Gasteiger partial charge in [-0.3, -0.25) is 9.59 Å². The minimum Gasteiger partial charge on any atom is -0.389 e. The van der Waals surface area contributed by atoms with Crippen LogP contribution in [-0.2, 0) is 37.0 Å². The summed E-state index contributed by atoms with van der Waals surface area (Å²) in [7, 11) is 0. The first kappa shape index (κ1) is 28.5. The molecule has 0 aliphatic rings. The van der Waals surface area contributed by atoms with E-state index in [9.17, 15) is 14.7 Å². The number of hydrogen-bond donors (Lipinski definition) is 3. The number of fused-ring (bicyclic) bond motifs is 3. The van der Waals surface area contributed by atoms with Gasteiger partial charge in [0, 0.05) is 31.6 Å². The topological polar surface area (TPSA) is 137 Å². The number of carbonyl (C=O) groups is 2. The molecule has 0 saturated carbocycles. The van der Waals surface area contributed by atoms with Gasteiger partial charge in [-0.15, -0.1) is 0 Å². The number of nitrogens with one attached hydrogen (secondary N) is 2. The van der Waals surface area contributed by atoms with Crippen LogP contribution in [0.1, 0.15) is 39.9 Å². The highest BCUT2D eigenvalue weighted by Gasteiger charge is 2.23. The minimum absolute atomic E-state index is 0.0524. The van der Waals surface area contributed by atoms with Gasteiger partial charge in [0.15, 0.2) is 5.82 Å². The number of pyridine rings is 1. The van der Waals surface area contributed by atoms with Crippen molar-refractivity contribution in [2.75, 3.05) is 44.9 Å². The maximum atomic E-state index is 12.7. The molecule has 0 fully saturated rings. The Morgan fingerprint density at radius 3 is 2.49 bits per heavy atom. The van der Waals surface area contributed by atoms with Crippen LogP contribution in [0.2, 0.25) is 0 Å². The van der Waals surface area contributed by atoms with Crippen molar-refractivity contribution in [3.05, 3.63) is 30.1 Å². The van der Waals surface area contributed by atoms with Crippen LogP contribution in [0.3, 0.4) is 0 Å². The lowest BCUT2D eigenvalue weighted by molar-refractivity contribution is -0.126. The molecule has 2 heterocycles. The molecule has 3 N–H and O–H groups in total. The van der Waals surface area contributed by atoms with E-state index in [0.29, 0.717) is 49.1 Å². The van der Waals surface area contributed by atoms with E-state index in [-0.39, 0.29) is 44.5 Å². The Labute approximate surface area is 216 Å². The molecule has 11 heteroatoms. The summed E-state index contributed by atoms with van der Waals surface area (Å²) in [6.07, 6.45) is 0.0524. The van der Waals surface area contributed by atoms with Gasteiger partial charge in [-0.2, -0.15) is 0 Å². The average molecular weight is 516 g/mol. The molecule has 3 rings (SSSR count). The molecular formula is C26H37N5O6. The van der Waals surface area contributed by atoms with E-state index >= 15 is 0 Å². The van der Waals surface area contributed by atoms with Crippen LogP contribution < -0.4 is 10.6 Å². The minimum atomic E-state index is -1.01. The molecule has 3 aromatic rings. The molecule has 0 atom stereocenters. The molecule has 2 amide bonds. The number of benzene rings is 1. The van der Waals surface area contributed by atoms with Crippen LogP contribution in [0.4, 0.5) is 5.82 Å². The maximum absolute atomic E-state index is 12.7. The highest BCUT2D eigenvalue weighted by molar-refractivity contribution is 6.09. The normalized spacial score (nSPS) is 11.8. The summed E-state index contributed by atoms with van der Waals surface area (Å²) in [6, 6.07) is 7.58. The second-order valence-corrected chi connectivity index (χ2v) is 9.14. The number of amides is 2. The van der Waals surface area contributed by atoms with Gasteiger partial charge < -0.3 is 34.5 Å². The lowest BCUT2D eigenvalue weighted by Crippen LogP contribution is -2.31. The van der Waals surface area contributed by atoms with Gasteiger partial charge >= 0.3 is 0 Å². The zero-order valence-corrected chi connectivity index (χ0v) is 22.0. The fourth-order valence-electron chi connectivity index (χ4n) is 3.82. The molecule has 2 aromatic heterocycles. The number of rotatable bonds is 15. The largest absolute Gasteiger partial charge is 0.389 e. The molecule has 1 aromatic carbocycles. The van der Waals surface area contributed by atoms with Gasteiger partial charge in [0.2, 0.25) is 11.8 Å². The van der Waals surface area contributed by atoms with E-state index < -0.39 is 5.60 Å². The zero-order valence-electron chi connectivity index (χ0n) is 22.0. The number of carbonyl (C=O) groups excluding carboxylic acids is 2. The van der Waals surface area contributed by atoms with Crippen molar-refractivity contribution in [2.45, 2.75) is 52.9 Å². The van der Waals surface area contributed by atoms with E-state index in [2.05, 4.69) is 15.6 Å². The number of nitrogens with zero attached hydrogens (tertiary/aromatic N) is 3. The number of imidazole rings is 1. The number of hydrogen-bond acceptors (Lipinski definition) is 8. The molecule has 0 aliphatic carbocycles. The molecular weight excluding hydrogens is 478 g/mol. The number of aliphatic hydroxyl groups is 1. The van der Waals surface area contributed by atoms with Crippen LogP contribution in [0.5, 0.6) is 0 Å². The van der Waals surface area contributed by atoms with E-state index in [1.165, 1.54) is 0 Å². The van der Waals surface area contributed by atoms with Crippen molar-refractivity contribution >= 4 is 39.6 Å². The Morgan fingerprint density at radius 1 is 1.03 bits per heavy atom. The predicted molar refractivity (Wildman–Crippen MR) is 140 cm³/mol.